The first-order valence-corrected chi connectivity index (χ1v) is 3.74. The zero-order chi connectivity index (χ0) is 7.23. The highest BCUT2D eigenvalue weighted by Gasteiger charge is 2.11. The second kappa shape index (κ2) is 4.28. The van der Waals surface area contributed by atoms with Crippen molar-refractivity contribution in [3.05, 3.63) is 0 Å². The third-order valence-electron chi connectivity index (χ3n) is 1.86. The second-order valence-electron chi connectivity index (χ2n) is 2.70. The van der Waals surface area contributed by atoms with E-state index in [9.17, 15) is 4.79 Å². The van der Waals surface area contributed by atoms with Crippen molar-refractivity contribution in [2.75, 3.05) is 19.6 Å². The lowest BCUT2D eigenvalue weighted by atomic mass is 10.00. The molecule has 0 aromatic carbocycles. The summed E-state index contributed by atoms with van der Waals surface area (Å²) in [5, 5.41) is 5.85. The van der Waals surface area contributed by atoms with Crippen LogP contribution in [-0.4, -0.2) is 26.0 Å². The summed E-state index contributed by atoms with van der Waals surface area (Å²) in [6, 6.07) is 0. The van der Waals surface area contributed by atoms with Crippen molar-refractivity contribution in [2.45, 2.75) is 12.8 Å². The van der Waals surface area contributed by atoms with E-state index in [0.29, 0.717) is 5.92 Å². The van der Waals surface area contributed by atoms with E-state index in [0.717, 1.165) is 19.6 Å². The van der Waals surface area contributed by atoms with Gasteiger partial charge in [-0.2, -0.15) is 0 Å². The molecule has 3 heteroatoms. The highest BCUT2D eigenvalue weighted by Crippen LogP contribution is 2.07. The van der Waals surface area contributed by atoms with Crippen molar-refractivity contribution in [2.24, 2.45) is 5.92 Å². The van der Waals surface area contributed by atoms with Gasteiger partial charge in [-0.05, 0) is 31.8 Å². The van der Waals surface area contributed by atoms with E-state index in [1.165, 1.54) is 12.8 Å². The van der Waals surface area contributed by atoms with Gasteiger partial charge in [0.1, 0.15) is 0 Å². The maximum absolute atomic E-state index is 9.79. The number of rotatable bonds is 3. The lowest BCUT2D eigenvalue weighted by Crippen LogP contribution is -2.35. The van der Waals surface area contributed by atoms with Crippen molar-refractivity contribution in [1.29, 1.82) is 0 Å². The monoisotopic (exact) mass is 141 g/mol. The van der Waals surface area contributed by atoms with E-state index >= 15 is 0 Å². The van der Waals surface area contributed by atoms with Crippen LogP contribution in [0.2, 0.25) is 0 Å². The van der Waals surface area contributed by atoms with Crippen molar-refractivity contribution in [3.63, 3.8) is 0 Å². The standard InChI is InChI=1S/C7H13N2O/c10-6-9-5-7-2-1-3-8-4-7/h7-8H,1-5H2,(H,9,10). The van der Waals surface area contributed by atoms with E-state index in [1.54, 1.807) is 6.41 Å². The number of hydrogen-bond donors (Lipinski definition) is 2. The van der Waals surface area contributed by atoms with E-state index in [-0.39, 0.29) is 0 Å². The Bertz CT molecular complexity index is 99.8. The fourth-order valence-electron chi connectivity index (χ4n) is 1.28. The number of nitrogens with one attached hydrogen (secondary N) is 2. The Hall–Kier alpha value is -0.570. The Morgan fingerprint density at radius 2 is 2.60 bits per heavy atom. The molecule has 0 aromatic heterocycles. The molecule has 0 bridgehead atoms. The lowest BCUT2D eigenvalue weighted by Gasteiger charge is -2.21. The van der Waals surface area contributed by atoms with Gasteiger partial charge in [-0.15, -0.1) is 0 Å². The maximum atomic E-state index is 9.79. The van der Waals surface area contributed by atoms with Crippen LogP contribution in [-0.2, 0) is 4.79 Å². The van der Waals surface area contributed by atoms with Gasteiger partial charge < -0.3 is 10.6 Å². The number of piperidine rings is 1. The minimum absolute atomic E-state index is 0.621. The quantitative estimate of drug-likeness (QED) is 0.527. The van der Waals surface area contributed by atoms with Gasteiger partial charge in [0.15, 0.2) is 0 Å². The van der Waals surface area contributed by atoms with Crippen LogP contribution < -0.4 is 10.6 Å². The van der Waals surface area contributed by atoms with Gasteiger partial charge in [0, 0.05) is 6.54 Å². The van der Waals surface area contributed by atoms with Gasteiger partial charge in [-0.25, -0.2) is 0 Å². The van der Waals surface area contributed by atoms with Crippen LogP contribution in [0.5, 0.6) is 0 Å². The normalized spacial score (nSPS) is 25.8. The highest BCUT2D eigenvalue weighted by atomic mass is 16.1. The van der Waals surface area contributed by atoms with Crippen LogP contribution in [0, 0.1) is 5.92 Å². The summed E-state index contributed by atoms with van der Waals surface area (Å²) in [6.45, 7) is 2.94. The van der Waals surface area contributed by atoms with Crippen molar-refractivity contribution in [3.8, 4) is 0 Å². The van der Waals surface area contributed by atoms with Gasteiger partial charge in [0.25, 0.3) is 0 Å². The number of amides is 1. The molecule has 1 aliphatic heterocycles. The molecule has 1 radical (unpaired) electrons. The summed E-state index contributed by atoms with van der Waals surface area (Å²) >= 11 is 0. The summed E-state index contributed by atoms with van der Waals surface area (Å²) in [5.41, 5.74) is 0. The Labute approximate surface area is 61.2 Å². The molecule has 1 atom stereocenters. The fraction of sp³-hybridized carbons (Fsp3) is 0.857. The van der Waals surface area contributed by atoms with E-state index in [4.69, 9.17) is 0 Å². The van der Waals surface area contributed by atoms with Crippen molar-refractivity contribution >= 4 is 6.41 Å². The zero-order valence-corrected chi connectivity index (χ0v) is 6.02. The Morgan fingerprint density at radius 3 is 3.20 bits per heavy atom. The summed E-state index contributed by atoms with van der Waals surface area (Å²) in [6.07, 6.45) is 4.14. The number of carbonyl (C=O) groups excluding carboxylic acids is 1. The Kier molecular flexibility index (Phi) is 3.22. The second-order valence-corrected chi connectivity index (χ2v) is 2.70. The average molecular weight is 141 g/mol. The molecule has 1 rings (SSSR count). The van der Waals surface area contributed by atoms with Crippen molar-refractivity contribution in [1.82, 2.24) is 10.6 Å². The first-order chi connectivity index (χ1) is 4.93. The zero-order valence-electron chi connectivity index (χ0n) is 6.02. The smallest absolute Gasteiger partial charge is 0.309 e. The minimum Gasteiger partial charge on any atom is -0.348 e. The summed E-state index contributed by atoms with van der Waals surface area (Å²) in [4.78, 5) is 9.79. The molecule has 0 saturated carbocycles. The molecule has 1 saturated heterocycles. The minimum atomic E-state index is 0.621. The summed E-state index contributed by atoms with van der Waals surface area (Å²) < 4.78 is 0. The van der Waals surface area contributed by atoms with Gasteiger partial charge in [-0.3, -0.25) is 4.79 Å². The van der Waals surface area contributed by atoms with Gasteiger partial charge in [0.2, 0.25) is 0 Å². The van der Waals surface area contributed by atoms with E-state index < -0.39 is 0 Å². The summed E-state index contributed by atoms with van der Waals surface area (Å²) in [7, 11) is 0. The number of hydrogen-bond acceptors (Lipinski definition) is 2. The molecule has 0 aliphatic carbocycles. The van der Waals surface area contributed by atoms with Crippen molar-refractivity contribution < 1.29 is 4.79 Å². The Balaban J connectivity index is 2.07. The van der Waals surface area contributed by atoms with E-state index in [1.807, 2.05) is 0 Å². The molecule has 0 spiro atoms. The third kappa shape index (κ3) is 2.35. The first-order valence-electron chi connectivity index (χ1n) is 3.74. The van der Waals surface area contributed by atoms with Gasteiger partial charge in [-0.1, -0.05) is 0 Å². The SMILES string of the molecule is O=[C]NCC1CCCNC1. The molecule has 1 heterocycles. The predicted octanol–water partition coefficient (Wildman–Crippen LogP) is -0.357. The lowest BCUT2D eigenvalue weighted by molar-refractivity contribution is 0.373. The molecule has 10 heavy (non-hydrogen) atoms. The van der Waals surface area contributed by atoms with Gasteiger partial charge >= 0.3 is 6.41 Å². The van der Waals surface area contributed by atoms with E-state index in [2.05, 4.69) is 10.6 Å². The Morgan fingerprint density at radius 1 is 1.70 bits per heavy atom. The van der Waals surface area contributed by atoms with Crippen LogP contribution in [0.3, 0.4) is 0 Å². The molecule has 1 fully saturated rings. The van der Waals surface area contributed by atoms with Crippen LogP contribution in [0.1, 0.15) is 12.8 Å². The summed E-state index contributed by atoms with van der Waals surface area (Å²) in [5.74, 6) is 0.621. The first kappa shape index (κ1) is 7.54. The largest absolute Gasteiger partial charge is 0.348 e. The highest BCUT2D eigenvalue weighted by molar-refractivity contribution is 5.46. The molecule has 3 nitrogen and oxygen atoms in total. The maximum Gasteiger partial charge on any atom is 0.309 e. The van der Waals surface area contributed by atoms with Crippen LogP contribution in [0.4, 0.5) is 0 Å². The predicted molar refractivity (Wildman–Crippen MR) is 39.3 cm³/mol. The molecular formula is C7H13N2O. The molecule has 57 valence electrons. The van der Waals surface area contributed by atoms with Gasteiger partial charge in [0.05, 0.1) is 0 Å². The fourth-order valence-corrected chi connectivity index (χ4v) is 1.28. The molecule has 1 amide bonds. The average Bonchev–Trinajstić information content (AvgIpc) is 2.03. The molecule has 1 aliphatic rings. The molecular weight excluding hydrogens is 128 g/mol. The van der Waals surface area contributed by atoms with Crippen LogP contribution >= 0.6 is 0 Å². The van der Waals surface area contributed by atoms with Crippen LogP contribution in [0.25, 0.3) is 0 Å². The molecule has 0 aromatic rings. The third-order valence-corrected chi connectivity index (χ3v) is 1.86. The topological polar surface area (TPSA) is 41.1 Å². The molecule has 2 N–H and O–H groups in total. The molecule has 1 unspecified atom stereocenters. The van der Waals surface area contributed by atoms with Crippen LogP contribution in [0.15, 0.2) is 0 Å².